The molecule has 0 unspecified atom stereocenters. The van der Waals surface area contributed by atoms with Crippen LogP contribution in [-0.4, -0.2) is 6.54 Å². The average Bonchev–Trinajstić information content (AvgIpc) is 2.82. The van der Waals surface area contributed by atoms with Gasteiger partial charge in [-0.1, -0.05) is 13.3 Å². The third-order valence-electron chi connectivity index (χ3n) is 3.15. The van der Waals surface area contributed by atoms with Crippen molar-refractivity contribution in [1.29, 1.82) is 0 Å². The van der Waals surface area contributed by atoms with Crippen LogP contribution in [0.5, 0.6) is 0 Å². The Morgan fingerprint density at radius 3 is 2.64 bits per heavy atom. The molecule has 78 valence electrons. The van der Waals surface area contributed by atoms with Crippen LogP contribution >= 0.6 is 11.3 Å². The zero-order chi connectivity index (χ0) is 10.0. The third kappa shape index (κ3) is 2.18. The minimum absolute atomic E-state index is 0.494. The summed E-state index contributed by atoms with van der Waals surface area (Å²) in [7, 11) is 0. The van der Waals surface area contributed by atoms with E-state index >= 15 is 0 Å². The van der Waals surface area contributed by atoms with Gasteiger partial charge in [-0.05, 0) is 49.8 Å². The second kappa shape index (κ2) is 4.03. The van der Waals surface area contributed by atoms with Gasteiger partial charge in [-0.2, -0.15) is 0 Å². The summed E-state index contributed by atoms with van der Waals surface area (Å²) in [5.41, 5.74) is 6.28. The zero-order valence-corrected chi connectivity index (χ0v) is 9.70. The van der Waals surface area contributed by atoms with E-state index in [1.54, 1.807) is 0 Å². The largest absolute Gasteiger partial charge is 0.330 e. The van der Waals surface area contributed by atoms with Crippen molar-refractivity contribution in [2.24, 2.45) is 11.1 Å². The Bertz CT molecular complexity index is 299. The summed E-state index contributed by atoms with van der Waals surface area (Å²) in [6.45, 7) is 3.11. The Kier molecular flexibility index (Phi) is 2.93. The molecular weight excluding hydrogens is 190 g/mol. The molecule has 0 aliphatic heterocycles. The first-order chi connectivity index (χ1) is 6.78. The highest BCUT2D eigenvalue weighted by molar-refractivity contribution is 7.12. The quantitative estimate of drug-likeness (QED) is 0.792. The molecule has 2 N–H and O–H groups in total. The highest BCUT2D eigenvalue weighted by Gasteiger charge is 2.41. The first kappa shape index (κ1) is 10.2. The van der Waals surface area contributed by atoms with Gasteiger partial charge >= 0.3 is 0 Å². The van der Waals surface area contributed by atoms with Crippen LogP contribution in [0.3, 0.4) is 0 Å². The van der Waals surface area contributed by atoms with Gasteiger partial charge in [-0.15, -0.1) is 11.3 Å². The SMILES string of the molecule is CCCc1ccc(CC2(CN)CC2)s1. The summed E-state index contributed by atoms with van der Waals surface area (Å²) >= 11 is 1.98. The molecule has 0 atom stereocenters. The van der Waals surface area contributed by atoms with Crippen LogP contribution < -0.4 is 5.73 Å². The first-order valence-electron chi connectivity index (χ1n) is 5.56. The summed E-state index contributed by atoms with van der Waals surface area (Å²) in [4.78, 5) is 3.08. The maximum atomic E-state index is 5.79. The van der Waals surface area contributed by atoms with Crippen LogP contribution in [-0.2, 0) is 12.8 Å². The van der Waals surface area contributed by atoms with Crippen LogP contribution in [0.1, 0.15) is 35.9 Å². The number of rotatable bonds is 5. The Balaban J connectivity index is 1.96. The summed E-state index contributed by atoms with van der Waals surface area (Å²) in [6, 6.07) is 4.58. The Morgan fingerprint density at radius 1 is 1.36 bits per heavy atom. The van der Waals surface area contributed by atoms with E-state index in [1.165, 1.54) is 41.9 Å². The summed E-state index contributed by atoms with van der Waals surface area (Å²) < 4.78 is 0. The highest BCUT2D eigenvalue weighted by atomic mass is 32.1. The minimum Gasteiger partial charge on any atom is -0.330 e. The van der Waals surface area contributed by atoms with Crippen LogP contribution in [0.25, 0.3) is 0 Å². The van der Waals surface area contributed by atoms with Gasteiger partial charge in [0.1, 0.15) is 0 Å². The average molecular weight is 209 g/mol. The lowest BCUT2D eigenvalue weighted by Gasteiger charge is -2.09. The van der Waals surface area contributed by atoms with Crippen molar-refractivity contribution in [3.63, 3.8) is 0 Å². The lowest BCUT2D eigenvalue weighted by Crippen LogP contribution is -2.17. The molecule has 1 aliphatic carbocycles. The smallest absolute Gasteiger partial charge is 0.00541 e. The molecule has 1 heterocycles. The molecule has 1 aliphatic rings. The topological polar surface area (TPSA) is 26.0 Å². The van der Waals surface area contributed by atoms with Crippen LogP contribution in [0.4, 0.5) is 0 Å². The maximum Gasteiger partial charge on any atom is 0.00541 e. The van der Waals surface area contributed by atoms with Crippen LogP contribution in [0, 0.1) is 5.41 Å². The predicted molar refractivity (Wildman–Crippen MR) is 62.7 cm³/mol. The van der Waals surface area contributed by atoms with Crippen LogP contribution in [0.15, 0.2) is 12.1 Å². The number of nitrogens with two attached hydrogens (primary N) is 1. The van der Waals surface area contributed by atoms with Crippen LogP contribution in [0.2, 0.25) is 0 Å². The van der Waals surface area contributed by atoms with Crippen molar-refractivity contribution in [1.82, 2.24) is 0 Å². The third-order valence-corrected chi connectivity index (χ3v) is 4.30. The van der Waals surface area contributed by atoms with Gasteiger partial charge in [0.05, 0.1) is 0 Å². The fourth-order valence-electron chi connectivity index (χ4n) is 1.90. The second-order valence-corrected chi connectivity index (χ2v) is 5.75. The minimum atomic E-state index is 0.494. The first-order valence-corrected chi connectivity index (χ1v) is 6.37. The number of aryl methyl sites for hydroxylation is 1. The summed E-state index contributed by atoms with van der Waals surface area (Å²) in [5.74, 6) is 0. The van der Waals surface area contributed by atoms with Gasteiger partial charge in [0.25, 0.3) is 0 Å². The lowest BCUT2D eigenvalue weighted by molar-refractivity contribution is 0.525. The highest BCUT2D eigenvalue weighted by Crippen LogP contribution is 2.48. The maximum absolute atomic E-state index is 5.79. The fraction of sp³-hybridized carbons (Fsp3) is 0.667. The number of thiophene rings is 1. The monoisotopic (exact) mass is 209 g/mol. The van der Waals surface area contributed by atoms with Crippen molar-refractivity contribution in [2.75, 3.05) is 6.54 Å². The molecule has 1 aromatic heterocycles. The molecule has 1 aromatic rings. The van der Waals surface area contributed by atoms with E-state index in [0.717, 1.165) is 6.54 Å². The van der Waals surface area contributed by atoms with E-state index in [2.05, 4.69) is 19.1 Å². The standard InChI is InChI=1S/C12H19NS/c1-2-3-10-4-5-11(14-10)8-12(9-13)6-7-12/h4-5H,2-3,6-9,13H2,1H3. The number of hydrogen-bond donors (Lipinski definition) is 1. The van der Waals surface area contributed by atoms with Crippen molar-refractivity contribution >= 4 is 11.3 Å². The summed E-state index contributed by atoms with van der Waals surface area (Å²) in [5, 5.41) is 0. The molecule has 0 aromatic carbocycles. The van der Waals surface area contributed by atoms with Gasteiger partial charge in [0.2, 0.25) is 0 Å². The van der Waals surface area contributed by atoms with E-state index in [9.17, 15) is 0 Å². The van der Waals surface area contributed by atoms with E-state index in [1.807, 2.05) is 11.3 Å². The molecule has 14 heavy (non-hydrogen) atoms. The van der Waals surface area contributed by atoms with Gasteiger partial charge in [-0.3, -0.25) is 0 Å². The van der Waals surface area contributed by atoms with Crippen molar-refractivity contribution in [3.05, 3.63) is 21.9 Å². The molecule has 0 radical (unpaired) electrons. The molecule has 0 saturated heterocycles. The molecule has 0 spiro atoms. The Hall–Kier alpha value is -0.340. The van der Waals surface area contributed by atoms with Gasteiger partial charge < -0.3 is 5.73 Å². The normalized spacial score (nSPS) is 18.4. The summed E-state index contributed by atoms with van der Waals surface area (Å²) in [6.07, 6.45) is 6.38. The molecule has 1 saturated carbocycles. The van der Waals surface area contributed by atoms with E-state index < -0.39 is 0 Å². The Labute approximate surface area is 90.3 Å². The van der Waals surface area contributed by atoms with E-state index in [4.69, 9.17) is 5.73 Å². The Morgan fingerprint density at radius 2 is 2.07 bits per heavy atom. The molecule has 1 fully saturated rings. The molecular formula is C12H19NS. The zero-order valence-electron chi connectivity index (χ0n) is 8.88. The van der Waals surface area contributed by atoms with Gasteiger partial charge in [0, 0.05) is 9.75 Å². The fourth-order valence-corrected chi connectivity index (χ4v) is 3.19. The lowest BCUT2D eigenvalue weighted by atomic mass is 10.0. The molecule has 0 amide bonds. The molecule has 1 nitrogen and oxygen atoms in total. The van der Waals surface area contributed by atoms with E-state index in [0.29, 0.717) is 5.41 Å². The molecule has 2 heteroatoms. The van der Waals surface area contributed by atoms with Gasteiger partial charge in [-0.25, -0.2) is 0 Å². The molecule has 2 rings (SSSR count). The van der Waals surface area contributed by atoms with Crippen molar-refractivity contribution in [2.45, 2.75) is 39.0 Å². The predicted octanol–water partition coefficient (Wildman–Crippen LogP) is 2.98. The van der Waals surface area contributed by atoms with E-state index in [-0.39, 0.29) is 0 Å². The molecule has 0 bridgehead atoms. The van der Waals surface area contributed by atoms with Crippen molar-refractivity contribution < 1.29 is 0 Å². The number of hydrogen-bond acceptors (Lipinski definition) is 2. The van der Waals surface area contributed by atoms with Gasteiger partial charge in [0.15, 0.2) is 0 Å². The second-order valence-electron chi connectivity index (χ2n) is 4.50. The van der Waals surface area contributed by atoms with Crippen molar-refractivity contribution in [3.8, 4) is 0 Å².